The minimum absolute atomic E-state index is 0.0254. The number of nitrogens with one attached hydrogen (secondary N) is 1. The Balaban J connectivity index is 1.55. The number of hydrogen-bond donors (Lipinski definition) is 3. The molecule has 10 nitrogen and oxygen atoms in total. The predicted octanol–water partition coefficient (Wildman–Crippen LogP) is 1.24. The van der Waals surface area contributed by atoms with Crippen LogP contribution in [0.3, 0.4) is 0 Å². The quantitative estimate of drug-likeness (QED) is 0.517. The van der Waals surface area contributed by atoms with Crippen LogP contribution in [0.25, 0.3) is 10.9 Å². The number of sulfone groups is 1. The Morgan fingerprint density at radius 1 is 1.15 bits per heavy atom. The van der Waals surface area contributed by atoms with Gasteiger partial charge in [0.1, 0.15) is 5.82 Å². The number of amides is 1. The summed E-state index contributed by atoms with van der Waals surface area (Å²) in [4.78, 5) is 24.3. The van der Waals surface area contributed by atoms with Gasteiger partial charge in [-0.05, 0) is 17.7 Å². The zero-order chi connectivity index (χ0) is 23.2. The molecule has 0 radical (unpaired) electrons. The second kappa shape index (κ2) is 8.16. The number of carbonyl (C=O) groups is 1. The molecular weight excluding hydrogens is 446 g/mol. The van der Waals surface area contributed by atoms with E-state index in [0.29, 0.717) is 22.8 Å². The van der Waals surface area contributed by atoms with Crippen molar-refractivity contribution in [3.8, 4) is 0 Å². The van der Waals surface area contributed by atoms with Gasteiger partial charge in [0, 0.05) is 50.0 Å². The summed E-state index contributed by atoms with van der Waals surface area (Å²) < 4.78 is 25.5. The summed E-state index contributed by atoms with van der Waals surface area (Å²) in [6.45, 7) is 1.21. The van der Waals surface area contributed by atoms with Crippen LogP contribution in [0.4, 0.5) is 16.3 Å². The van der Waals surface area contributed by atoms with Gasteiger partial charge in [0.25, 0.3) is 0 Å². The summed E-state index contributed by atoms with van der Waals surface area (Å²) in [5.41, 5.74) is 2.16. The van der Waals surface area contributed by atoms with Gasteiger partial charge in [-0.25, -0.2) is 18.2 Å². The lowest BCUT2D eigenvalue weighted by atomic mass is 10.2. The number of fused-ring (bicyclic) bond motifs is 2. The van der Waals surface area contributed by atoms with Crippen LogP contribution in [-0.2, 0) is 16.4 Å². The van der Waals surface area contributed by atoms with Crippen LogP contribution < -0.4 is 15.1 Å². The minimum Gasteiger partial charge on any atom is -0.465 e. The summed E-state index contributed by atoms with van der Waals surface area (Å²) in [6, 6.07) is 10.0. The number of aliphatic hydroxyl groups is 1. The fourth-order valence-corrected chi connectivity index (χ4v) is 6.00. The maximum absolute atomic E-state index is 12.8. The average molecular weight is 470 g/mol. The van der Waals surface area contributed by atoms with Gasteiger partial charge in [-0.3, -0.25) is 4.98 Å². The Hall–Kier alpha value is -3.44. The number of pyridine rings is 2. The molecular formula is C22H23N5O5S. The van der Waals surface area contributed by atoms with Gasteiger partial charge in [0.2, 0.25) is 0 Å². The Morgan fingerprint density at radius 2 is 1.97 bits per heavy atom. The van der Waals surface area contributed by atoms with Crippen molar-refractivity contribution in [1.82, 2.24) is 15.3 Å². The smallest absolute Gasteiger partial charge is 0.405 e. The summed E-state index contributed by atoms with van der Waals surface area (Å²) in [5.74, 6) is 0.586. The zero-order valence-corrected chi connectivity index (χ0v) is 18.4. The molecule has 2 aliphatic rings. The third-order valence-electron chi connectivity index (χ3n) is 6.14. The molecule has 3 N–H and O–H groups in total. The summed E-state index contributed by atoms with van der Waals surface area (Å²) in [6.07, 6.45) is 1.28. The topological polar surface area (TPSA) is 136 Å². The lowest BCUT2D eigenvalue weighted by Crippen LogP contribution is -2.42. The number of nitrogens with zero attached hydrogens (tertiary/aromatic N) is 4. The number of benzene rings is 1. The van der Waals surface area contributed by atoms with Gasteiger partial charge in [-0.15, -0.1) is 0 Å². The second-order valence-corrected chi connectivity index (χ2v) is 10.3. The SMILES string of the molecule is O=C(O)N[C@H]1CN(c2cc(N3CCS(=O)(=O)c4ccccc4C3)nc3ccncc23)C[C@@H]1O. The Bertz CT molecular complexity index is 1330. The predicted molar refractivity (Wildman–Crippen MR) is 122 cm³/mol. The monoisotopic (exact) mass is 469 g/mol. The maximum Gasteiger partial charge on any atom is 0.405 e. The molecule has 0 aliphatic carbocycles. The van der Waals surface area contributed by atoms with Crippen molar-refractivity contribution in [2.75, 3.05) is 35.2 Å². The van der Waals surface area contributed by atoms with Crippen molar-refractivity contribution >= 4 is 38.3 Å². The lowest BCUT2D eigenvalue weighted by molar-refractivity contribution is 0.148. The molecule has 11 heteroatoms. The van der Waals surface area contributed by atoms with E-state index in [2.05, 4.69) is 10.3 Å². The largest absolute Gasteiger partial charge is 0.465 e. The van der Waals surface area contributed by atoms with E-state index in [1.807, 2.05) is 28.0 Å². The number of hydrogen-bond acceptors (Lipinski definition) is 8. The van der Waals surface area contributed by atoms with E-state index in [9.17, 15) is 18.3 Å². The first-order valence-corrected chi connectivity index (χ1v) is 12.2. The van der Waals surface area contributed by atoms with Crippen LogP contribution >= 0.6 is 0 Å². The van der Waals surface area contributed by atoms with Gasteiger partial charge in [-0.2, -0.15) is 0 Å². The molecule has 3 aromatic rings. The van der Waals surface area contributed by atoms with Crippen LogP contribution in [0.5, 0.6) is 0 Å². The standard InChI is InChI=1S/C22H23N5O5S/c28-19-13-27(12-17(19)25-22(29)30)18-9-21(24-16-5-6-23-10-15(16)18)26-7-8-33(31,32)20-4-2-1-3-14(20)11-26/h1-6,9-10,17,19,25,28H,7-8,11-13H2,(H,29,30)/t17-,19-/m0/s1. The summed E-state index contributed by atoms with van der Waals surface area (Å²) in [5, 5.41) is 22.6. The Morgan fingerprint density at radius 3 is 2.79 bits per heavy atom. The van der Waals surface area contributed by atoms with Crippen LogP contribution in [0.1, 0.15) is 5.56 Å². The minimum atomic E-state index is -3.40. The van der Waals surface area contributed by atoms with Gasteiger partial charge in [0.05, 0.1) is 34.0 Å². The van der Waals surface area contributed by atoms with Crippen LogP contribution in [0, 0.1) is 0 Å². The van der Waals surface area contributed by atoms with E-state index in [1.165, 1.54) is 0 Å². The normalized spacial score (nSPS) is 22.1. The second-order valence-electron chi connectivity index (χ2n) is 8.27. The molecule has 0 unspecified atom stereocenters. The van der Waals surface area contributed by atoms with E-state index in [-0.39, 0.29) is 25.4 Å². The molecule has 172 valence electrons. The van der Waals surface area contributed by atoms with E-state index >= 15 is 0 Å². The molecule has 1 saturated heterocycles. The molecule has 2 aromatic heterocycles. The van der Waals surface area contributed by atoms with Crippen LogP contribution in [0.2, 0.25) is 0 Å². The maximum atomic E-state index is 12.8. The first-order valence-electron chi connectivity index (χ1n) is 10.5. The van der Waals surface area contributed by atoms with E-state index < -0.39 is 28.1 Å². The average Bonchev–Trinajstić information content (AvgIpc) is 3.08. The molecule has 1 fully saturated rings. The molecule has 1 amide bonds. The Kier molecular flexibility index (Phi) is 5.29. The summed E-state index contributed by atoms with van der Waals surface area (Å²) >= 11 is 0. The lowest BCUT2D eigenvalue weighted by Gasteiger charge is -2.26. The van der Waals surface area contributed by atoms with E-state index in [0.717, 1.165) is 16.6 Å². The number of aromatic nitrogens is 2. The van der Waals surface area contributed by atoms with Gasteiger partial charge in [0.15, 0.2) is 9.84 Å². The number of β-amino-alcohol motifs (C(OH)–C–C–N with tert-alkyl or cyclic N) is 1. The highest BCUT2D eigenvalue weighted by Crippen LogP contribution is 2.34. The number of carboxylic acid groups (broad SMARTS) is 1. The number of aliphatic hydroxyl groups excluding tert-OH is 1. The van der Waals surface area contributed by atoms with Crippen molar-refractivity contribution in [3.05, 3.63) is 54.4 Å². The van der Waals surface area contributed by atoms with Crippen LogP contribution in [0.15, 0.2) is 53.7 Å². The summed E-state index contributed by atoms with van der Waals surface area (Å²) in [7, 11) is -3.40. The van der Waals surface area contributed by atoms with Gasteiger partial charge < -0.3 is 25.3 Å². The molecule has 0 bridgehead atoms. The van der Waals surface area contributed by atoms with Crippen molar-refractivity contribution in [3.63, 3.8) is 0 Å². The van der Waals surface area contributed by atoms with Crippen molar-refractivity contribution in [1.29, 1.82) is 0 Å². The third-order valence-corrected chi connectivity index (χ3v) is 7.92. The van der Waals surface area contributed by atoms with Crippen molar-refractivity contribution < 1.29 is 23.4 Å². The highest BCUT2D eigenvalue weighted by molar-refractivity contribution is 7.91. The van der Waals surface area contributed by atoms with Crippen molar-refractivity contribution in [2.45, 2.75) is 23.6 Å². The highest BCUT2D eigenvalue weighted by Gasteiger charge is 2.34. The van der Waals surface area contributed by atoms with Gasteiger partial charge in [-0.1, -0.05) is 18.2 Å². The first-order chi connectivity index (χ1) is 15.8. The molecule has 0 saturated carbocycles. The fourth-order valence-electron chi connectivity index (χ4n) is 4.50. The molecule has 2 atom stereocenters. The molecule has 2 aliphatic heterocycles. The third kappa shape index (κ3) is 4.05. The highest BCUT2D eigenvalue weighted by atomic mass is 32.2. The number of rotatable bonds is 3. The molecule has 5 rings (SSSR count). The zero-order valence-electron chi connectivity index (χ0n) is 17.6. The number of anilines is 2. The molecule has 1 aromatic carbocycles. The van der Waals surface area contributed by atoms with Crippen molar-refractivity contribution in [2.24, 2.45) is 0 Å². The first kappa shape index (κ1) is 21.4. The Labute approximate surface area is 190 Å². The fraction of sp³-hybridized carbons (Fsp3) is 0.318. The van der Waals surface area contributed by atoms with E-state index in [1.54, 1.807) is 30.6 Å². The molecule has 4 heterocycles. The van der Waals surface area contributed by atoms with E-state index in [4.69, 9.17) is 10.1 Å². The van der Waals surface area contributed by atoms with Crippen LogP contribution in [-0.4, -0.2) is 72.2 Å². The molecule has 0 spiro atoms. The van der Waals surface area contributed by atoms with Gasteiger partial charge >= 0.3 is 6.09 Å². The molecule has 33 heavy (non-hydrogen) atoms.